The molecule has 1 heterocycles. The van der Waals surface area contributed by atoms with Crippen molar-refractivity contribution in [1.29, 1.82) is 0 Å². The zero-order chi connectivity index (χ0) is 16.7. The van der Waals surface area contributed by atoms with Crippen LogP contribution in [0, 0.1) is 0 Å². The number of pyridine rings is 1. The van der Waals surface area contributed by atoms with Crippen molar-refractivity contribution in [2.75, 3.05) is 32.1 Å². The number of methoxy groups -OCH3 is 1. The zero-order valence-electron chi connectivity index (χ0n) is 14.8. The molecular weight excluding hydrogens is 286 g/mol. The van der Waals surface area contributed by atoms with Crippen molar-refractivity contribution in [3.05, 3.63) is 30.5 Å². The summed E-state index contributed by atoms with van der Waals surface area (Å²) >= 11 is 0. The summed E-state index contributed by atoms with van der Waals surface area (Å²) in [7, 11) is 1.70. The topological polar surface area (TPSA) is 37.4 Å². The van der Waals surface area contributed by atoms with Crippen molar-refractivity contribution in [3.63, 3.8) is 0 Å². The second kappa shape index (κ2) is 8.73. The minimum absolute atomic E-state index is 0.622. The van der Waals surface area contributed by atoms with Crippen LogP contribution in [-0.4, -0.2) is 42.7 Å². The van der Waals surface area contributed by atoms with Crippen molar-refractivity contribution in [3.8, 4) is 5.75 Å². The highest BCUT2D eigenvalue weighted by Crippen LogP contribution is 2.27. The molecule has 2 rings (SSSR count). The van der Waals surface area contributed by atoms with Gasteiger partial charge in [-0.25, -0.2) is 0 Å². The van der Waals surface area contributed by atoms with E-state index in [0.717, 1.165) is 42.0 Å². The molecule has 2 aromatic rings. The van der Waals surface area contributed by atoms with Gasteiger partial charge in [0.2, 0.25) is 0 Å². The molecule has 0 aliphatic carbocycles. The first kappa shape index (κ1) is 17.5. The van der Waals surface area contributed by atoms with Gasteiger partial charge in [0.05, 0.1) is 18.3 Å². The fourth-order valence-electron chi connectivity index (χ4n) is 2.85. The molecule has 0 fully saturated rings. The molecule has 1 aromatic carbocycles. The lowest BCUT2D eigenvalue weighted by Gasteiger charge is -2.28. The Morgan fingerprint density at radius 1 is 1.26 bits per heavy atom. The predicted octanol–water partition coefficient (Wildman–Crippen LogP) is 4.17. The van der Waals surface area contributed by atoms with E-state index in [4.69, 9.17) is 4.74 Å². The van der Waals surface area contributed by atoms with Crippen LogP contribution in [-0.2, 0) is 0 Å². The van der Waals surface area contributed by atoms with Crippen molar-refractivity contribution >= 4 is 16.6 Å². The molecule has 0 saturated heterocycles. The van der Waals surface area contributed by atoms with E-state index in [0.29, 0.717) is 6.04 Å². The molecule has 1 N–H and O–H groups in total. The first-order valence-electron chi connectivity index (χ1n) is 8.60. The molecule has 0 spiro atoms. The fourth-order valence-corrected chi connectivity index (χ4v) is 2.85. The Balaban J connectivity index is 2.09. The van der Waals surface area contributed by atoms with Gasteiger partial charge in [-0.1, -0.05) is 19.9 Å². The number of anilines is 1. The van der Waals surface area contributed by atoms with E-state index in [9.17, 15) is 0 Å². The molecule has 126 valence electrons. The molecule has 0 aliphatic heterocycles. The summed E-state index contributed by atoms with van der Waals surface area (Å²) in [6.45, 7) is 9.88. The molecule has 0 radical (unpaired) electrons. The third-order valence-electron chi connectivity index (χ3n) is 4.35. The molecule has 1 atom stereocenters. The average Bonchev–Trinajstić information content (AvgIpc) is 2.59. The van der Waals surface area contributed by atoms with Gasteiger partial charge >= 0.3 is 0 Å². The van der Waals surface area contributed by atoms with E-state index in [2.05, 4.69) is 42.0 Å². The maximum Gasteiger partial charge on any atom is 0.121 e. The molecule has 23 heavy (non-hydrogen) atoms. The lowest BCUT2D eigenvalue weighted by Crippen LogP contribution is -2.37. The van der Waals surface area contributed by atoms with Crippen LogP contribution in [0.2, 0.25) is 0 Å². The third kappa shape index (κ3) is 4.58. The molecule has 1 aromatic heterocycles. The van der Waals surface area contributed by atoms with Crippen LogP contribution in [0.5, 0.6) is 5.75 Å². The fraction of sp³-hybridized carbons (Fsp3) is 0.526. The predicted molar refractivity (Wildman–Crippen MR) is 98.4 cm³/mol. The van der Waals surface area contributed by atoms with Crippen molar-refractivity contribution in [2.45, 2.75) is 39.7 Å². The van der Waals surface area contributed by atoms with Gasteiger partial charge in [0.15, 0.2) is 0 Å². The summed E-state index contributed by atoms with van der Waals surface area (Å²) in [5, 5.41) is 4.64. The molecule has 0 amide bonds. The Morgan fingerprint density at radius 2 is 2.09 bits per heavy atom. The first-order chi connectivity index (χ1) is 11.2. The largest absolute Gasteiger partial charge is 0.497 e. The normalized spacial score (nSPS) is 12.6. The number of ether oxygens (including phenoxy) is 1. The number of nitrogens with zero attached hydrogens (tertiary/aromatic N) is 2. The maximum absolute atomic E-state index is 5.41. The number of rotatable bonds is 9. The quantitative estimate of drug-likeness (QED) is 0.754. The lowest BCUT2D eigenvalue weighted by atomic mass is 10.1. The van der Waals surface area contributed by atoms with E-state index in [1.165, 1.54) is 12.8 Å². The Bertz CT molecular complexity index is 615. The summed E-state index contributed by atoms with van der Waals surface area (Å²) in [5.74, 6) is 0.861. The second-order valence-corrected chi connectivity index (χ2v) is 5.97. The number of fused-ring (bicyclic) bond motifs is 1. The molecule has 0 saturated carbocycles. The highest BCUT2D eigenvalue weighted by molar-refractivity contribution is 5.91. The van der Waals surface area contributed by atoms with Crippen LogP contribution in [0.25, 0.3) is 10.9 Å². The standard InChI is InChI=1S/C19H29N3O/c1-5-11-22(15(3)6-2)12-10-20-18-14-17(23-4)13-16-8-7-9-21-19(16)18/h7-9,13-15,20H,5-6,10-12H2,1-4H3/t15-/m1/s1. The molecular formula is C19H29N3O. The number of hydrogen-bond donors (Lipinski definition) is 1. The van der Waals surface area contributed by atoms with Crippen LogP contribution in [0.15, 0.2) is 30.5 Å². The van der Waals surface area contributed by atoms with Gasteiger partial charge in [-0.15, -0.1) is 0 Å². The minimum atomic E-state index is 0.622. The Kier molecular flexibility index (Phi) is 6.66. The summed E-state index contributed by atoms with van der Waals surface area (Å²) < 4.78 is 5.41. The van der Waals surface area contributed by atoms with Crippen LogP contribution < -0.4 is 10.1 Å². The Hall–Kier alpha value is -1.81. The SMILES string of the molecule is CCCN(CCNc1cc(OC)cc2cccnc12)[C@H](C)CC. The van der Waals surface area contributed by atoms with Gasteiger partial charge in [0.1, 0.15) is 5.75 Å². The van der Waals surface area contributed by atoms with Gasteiger partial charge in [0, 0.05) is 36.8 Å². The monoisotopic (exact) mass is 315 g/mol. The van der Waals surface area contributed by atoms with Crippen LogP contribution in [0.3, 0.4) is 0 Å². The van der Waals surface area contributed by atoms with E-state index in [-0.39, 0.29) is 0 Å². The summed E-state index contributed by atoms with van der Waals surface area (Å²) in [6.07, 6.45) is 4.21. The summed E-state index contributed by atoms with van der Waals surface area (Å²) in [4.78, 5) is 7.05. The smallest absolute Gasteiger partial charge is 0.121 e. The zero-order valence-corrected chi connectivity index (χ0v) is 14.8. The molecule has 0 unspecified atom stereocenters. The lowest BCUT2D eigenvalue weighted by molar-refractivity contribution is 0.212. The van der Waals surface area contributed by atoms with Gasteiger partial charge in [0.25, 0.3) is 0 Å². The van der Waals surface area contributed by atoms with Crippen molar-refractivity contribution < 1.29 is 4.74 Å². The van der Waals surface area contributed by atoms with Crippen molar-refractivity contribution in [2.24, 2.45) is 0 Å². The maximum atomic E-state index is 5.41. The number of aromatic nitrogens is 1. The highest BCUT2D eigenvalue weighted by Gasteiger charge is 2.11. The molecule has 4 heteroatoms. The van der Waals surface area contributed by atoms with E-state index < -0.39 is 0 Å². The number of benzene rings is 1. The van der Waals surface area contributed by atoms with Crippen LogP contribution >= 0.6 is 0 Å². The van der Waals surface area contributed by atoms with Crippen LogP contribution in [0.1, 0.15) is 33.6 Å². The molecule has 0 bridgehead atoms. The summed E-state index contributed by atoms with van der Waals surface area (Å²) in [5.41, 5.74) is 2.04. The van der Waals surface area contributed by atoms with Gasteiger partial charge < -0.3 is 10.1 Å². The number of hydrogen-bond acceptors (Lipinski definition) is 4. The van der Waals surface area contributed by atoms with Gasteiger partial charge in [-0.2, -0.15) is 0 Å². The average molecular weight is 315 g/mol. The van der Waals surface area contributed by atoms with E-state index in [1.54, 1.807) is 7.11 Å². The van der Waals surface area contributed by atoms with Gasteiger partial charge in [-0.05, 0) is 38.4 Å². The second-order valence-electron chi connectivity index (χ2n) is 5.97. The Morgan fingerprint density at radius 3 is 2.78 bits per heavy atom. The third-order valence-corrected chi connectivity index (χ3v) is 4.35. The summed E-state index contributed by atoms with van der Waals surface area (Å²) in [6, 6.07) is 8.70. The Labute approximate surface area is 139 Å². The van der Waals surface area contributed by atoms with E-state index >= 15 is 0 Å². The van der Waals surface area contributed by atoms with Gasteiger partial charge in [-0.3, -0.25) is 9.88 Å². The van der Waals surface area contributed by atoms with Crippen molar-refractivity contribution in [1.82, 2.24) is 9.88 Å². The number of nitrogens with one attached hydrogen (secondary N) is 1. The highest BCUT2D eigenvalue weighted by atomic mass is 16.5. The molecule has 4 nitrogen and oxygen atoms in total. The van der Waals surface area contributed by atoms with E-state index in [1.807, 2.05) is 24.4 Å². The minimum Gasteiger partial charge on any atom is -0.497 e. The first-order valence-corrected chi connectivity index (χ1v) is 8.60. The molecule has 0 aliphatic rings. The van der Waals surface area contributed by atoms with Crippen LogP contribution in [0.4, 0.5) is 5.69 Å².